The van der Waals surface area contributed by atoms with Crippen LogP contribution < -0.4 is 4.74 Å². The topological polar surface area (TPSA) is 58.8 Å². The standard InChI is InChI=1S/C46H31N3O/c1-46(2)39-22-8-10-24-41(39)50-44-32(28-47)25-26-36(42(44)46)35-19-6-5-18-34(35)30-15-11-16-31(27-30)45-48-40-23-9-7-20-38(40)43(49-45)37-21-12-14-29-13-3-4-17-33(29)37/h3-27H,1-2H3. The zero-order valence-electron chi connectivity index (χ0n) is 27.7. The molecule has 0 bridgehead atoms. The highest BCUT2D eigenvalue weighted by molar-refractivity contribution is 6.03. The zero-order valence-corrected chi connectivity index (χ0v) is 27.7. The Morgan fingerprint density at radius 1 is 0.580 bits per heavy atom. The number of hydrogen-bond acceptors (Lipinski definition) is 4. The molecule has 9 rings (SSSR count). The van der Waals surface area contributed by atoms with Gasteiger partial charge in [-0.3, -0.25) is 0 Å². The van der Waals surface area contributed by atoms with Crippen molar-refractivity contribution in [3.63, 3.8) is 0 Å². The van der Waals surface area contributed by atoms with Crippen LogP contribution in [0.25, 0.3) is 66.6 Å². The second kappa shape index (κ2) is 11.5. The van der Waals surface area contributed by atoms with Crippen LogP contribution in [-0.4, -0.2) is 9.97 Å². The Morgan fingerprint density at radius 2 is 1.26 bits per heavy atom. The Balaban J connectivity index is 1.21. The molecule has 0 saturated carbocycles. The third-order valence-corrected chi connectivity index (χ3v) is 9.97. The normalized spacial score (nSPS) is 12.9. The highest BCUT2D eigenvalue weighted by Crippen LogP contribution is 2.53. The van der Waals surface area contributed by atoms with Gasteiger partial charge in [0.05, 0.1) is 16.8 Å². The van der Waals surface area contributed by atoms with E-state index in [0.717, 1.165) is 72.2 Å². The van der Waals surface area contributed by atoms with E-state index in [-0.39, 0.29) is 0 Å². The molecule has 7 aromatic carbocycles. The minimum absolute atomic E-state index is 0.404. The van der Waals surface area contributed by atoms with Gasteiger partial charge in [0.1, 0.15) is 17.6 Å². The van der Waals surface area contributed by atoms with Crippen LogP contribution in [0.1, 0.15) is 30.5 Å². The number of aromatic nitrogens is 2. The summed E-state index contributed by atoms with van der Waals surface area (Å²) in [6.45, 7) is 4.43. The molecule has 0 unspecified atom stereocenters. The molecule has 0 aliphatic carbocycles. The molecule has 0 atom stereocenters. The summed E-state index contributed by atoms with van der Waals surface area (Å²) in [5.74, 6) is 2.09. The van der Waals surface area contributed by atoms with Crippen molar-refractivity contribution in [1.29, 1.82) is 5.26 Å². The average molecular weight is 642 g/mol. The molecule has 1 aliphatic rings. The molecule has 8 aromatic rings. The molecule has 4 nitrogen and oxygen atoms in total. The second-order valence-electron chi connectivity index (χ2n) is 13.3. The Morgan fingerprint density at radius 3 is 2.14 bits per heavy atom. The first-order chi connectivity index (χ1) is 24.5. The van der Waals surface area contributed by atoms with Gasteiger partial charge in [0.25, 0.3) is 0 Å². The van der Waals surface area contributed by atoms with Crippen LogP contribution in [0.2, 0.25) is 0 Å². The molecular weight excluding hydrogens is 611 g/mol. The van der Waals surface area contributed by atoms with Crippen LogP contribution in [0, 0.1) is 11.3 Å². The van der Waals surface area contributed by atoms with Gasteiger partial charge in [0.15, 0.2) is 5.82 Å². The number of rotatable bonds is 4. The smallest absolute Gasteiger partial charge is 0.160 e. The fraction of sp³-hybridized carbons (Fsp3) is 0.0652. The first-order valence-electron chi connectivity index (χ1n) is 16.8. The molecule has 4 heteroatoms. The Labute approximate surface area is 290 Å². The van der Waals surface area contributed by atoms with Gasteiger partial charge in [-0.25, -0.2) is 9.97 Å². The van der Waals surface area contributed by atoms with E-state index in [2.05, 4.69) is 135 Å². The molecule has 1 aromatic heterocycles. The first kappa shape index (κ1) is 29.6. The van der Waals surface area contributed by atoms with Crippen LogP contribution in [0.15, 0.2) is 152 Å². The lowest BCUT2D eigenvalue weighted by Crippen LogP contribution is -2.25. The van der Waals surface area contributed by atoms with Gasteiger partial charge in [-0.15, -0.1) is 0 Å². The van der Waals surface area contributed by atoms with Gasteiger partial charge in [-0.05, 0) is 57.3 Å². The van der Waals surface area contributed by atoms with Crippen molar-refractivity contribution in [3.05, 3.63) is 168 Å². The highest BCUT2D eigenvalue weighted by Gasteiger charge is 2.38. The summed E-state index contributed by atoms with van der Waals surface area (Å²) in [4.78, 5) is 10.4. The van der Waals surface area contributed by atoms with E-state index in [0.29, 0.717) is 17.1 Å². The summed E-state index contributed by atoms with van der Waals surface area (Å²) in [6.07, 6.45) is 0. The first-order valence-corrected chi connectivity index (χ1v) is 16.8. The van der Waals surface area contributed by atoms with Crippen LogP contribution >= 0.6 is 0 Å². The molecule has 0 spiro atoms. The van der Waals surface area contributed by atoms with Gasteiger partial charge in [0, 0.05) is 33.1 Å². The number of ether oxygens (including phenoxy) is 1. The monoisotopic (exact) mass is 641 g/mol. The molecule has 0 fully saturated rings. The summed E-state index contributed by atoms with van der Waals surface area (Å²) in [6, 6.07) is 54.5. The van der Waals surface area contributed by atoms with E-state index >= 15 is 0 Å². The SMILES string of the molecule is CC1(C)c2ccccc2Oc2c(C#N)ccc(-c3ccccc3-c3cccc(-c4nc(-c5cccc6ccccc56)c5ccccc5n4)c3)c21. The number of nitrogens with zero attached hydrogens (tertiary/aromatic N) is 3. The van der Waals surface area contributed by atoms with Crippen molar-refractivity contribution >= 4 is 21.7 Å². The van der Waals surface area contributed by atoms with Crippen molar-refractivity contribution in [2.45, 2.75) is 19.3 Å². The fourth-order valence-electron chi connectivity index (χ4n) is 7.58. The van der Waals surface area contributed by atoms with Gasteiger partial charge in [-0.2, -0.15) is 5.26 Å². The second-order valence-corrected chi connectivity index (χ2v) is 13.3. The van der Waals surface area contributed by atoms with E-state index in [9.17, 15) is 5.26 Å². The Kier molecular flexibility index (Phi) is 6.82. The molecule has 236 valence electrons. The largest absolute Gasteiger partial charge is 0.455 e. The Bertz CT molecular complexity index is 2680. The maximum Gasteiger partial charge on any atom is 0.160 e. The summed E-state index contributed by atoms with van der Waals surface area (Å²) < 4.78 is 6.49. The minimum Gasteiger partial charge on any atom is -0.455 e. The number of nitriles is 1. The van der Waals surface area contributed by atoms with Crippen molar-refractivity contribution in [1.82, 2.24) is 9.97 Å². The van der Waals surface area contributed by atoms with Gasteiger partial charge in [-0.1, -0.05) is 141 Å². The van der Waals surface area contributed by atoms with Crippen LogP contribution in [0.3, 0.4) is 0 Å². The van der Waals surface area contributed by atoms with Crippen molar-refractivity contribution in [2.24, 2.45) is 0 Å². The van der Waals surface area contributed by atoms with E-state index in [1.54, 1.807) is 0 Å². The number of benzene rings is 7. The van der Waals surface area contributed by atoms with Gasteiger partial charge >= 0.3 is 0 Å². The third kappa shape index (κ3) is 4.67. The number of hydrogen-bond donors (Lipinski definition) is 0. The molecule has 0 N–H and O–H groups in total. The van der Waals surface area contributed by atoms with Crippen LogP contribution in [0.5, 0.6) is 11.5 Å². The lowest BCUT2D eigenvalue weighted by atomic mass is 9.71. The highest BCUT2D eigenvalue weighted by atomic mass is 16.5. The molecule has 0 saturated heterocycles. The fourth-order valence-corrected chi connectivity index (χ4v) is 7.58. The van der Waals surface area contributed by atoms with Crippen LogP contribution in [-0.2, 0) is 5.41 Å². The van der Waals surface area contributed by atoms with Gasteiger partial charge < -0.3 is 4.74 Å². The predicted octanol–water partition coefficient (Wildman–Crippen LogP) is 11.8. The average Bonchev–Trinajstić information content (AvgIpc) is 3.17. The molecule has 2 heterocycles. The molecule has 0 amide bonds. The number of fused-ring (bicyclic) bond motifs is 4. The van der Waals surface area contributed by atoms with E-state index in [1.165, 1.54) is 5.39 Å². The van der Waals surface area contributed by atoms with Crippen molar-refractivity contribution < 1.29 is 4.74 Å². The van der Waals surface area contributed by atoms with Crippen LogP contribution in [0.4, 0.5) is 0 Å². The minimum atomic E-state index is -0.404. The van der Waals surface area contributed by atoms with E-state index in [1.807, 2.05) is 36.4 Å². The van der Waals surface area contributed by atoms with Crippen molar-refractivity contribution in [2.75, 3.05) is 0 Å². The maximum absolute atomic E-state index is 10.1. The summed E-state index contributed by atoms with van der Waals surface area (Å²) in [5.41, 5.74) is 10.3. The summed E-state index contributed by atoms with van der Waals surface area (Å²) in [5, 5.41) is 13.5. The lowest BCUT2D eigenvalue weighted by Gasteiger charge is -2.37. The molecule has 50 heavy (non-hydrogen) atoms. The van der Waals surface area contributed by atoms with E-state index < -0.39 is 5.41 Å². The maximum atomic E-state index is 10.1. The van der Waals surface area contributed by atoms with E-state index in [4.69, 9.17) is 14.7 Å². The summed E-state index contributed by atoms with van der Waals surface area (Å²) >= 11 is 0. The molecule has 1 aliphatic heterocycles. The quantitative estimate of drug-likeness (QED) is 0.192. The third-order valence-electron chi connectivity index (χ3n) is 9.97. The molecular formula is C46H31N3O. The summed E-state index contributed by atoms with van der Waals surface area (Å²) in [7, 11) is 0. The van der Waals surface area contributed by atoms with Crippen molar-refractivity contribution in [3.8, 4) is 62.5 Å². The predicted molar refractivity (Wildman–Crippen MR) is 202 cm³/mol. The Hall–Kier alpha value is -6.57. The zero-order chi connectivity index (χ0) is 33.8. The number of para-hydroxylation sites is 2. The lowest BCUT2D eigenvalue weighted by molar-refractivity contribution is 0.417. The van der Waals surface area contributed by atoms with Gasteiger partial charge in [0.2, 0.25) is 0 Å². The molecule has 0 radical (unpaired) electrons.